The molecule has 76 valence electrons. The van der Waals surface area contributed by atoms with Crippen molar-refractivity contribution in [2.24, 2.45) is 16.2 Å². The van der Waals surface area contributed by atoms with Gasteiger partial charge in [0.2, 0.25) is 0 Å². The maximum atomic E-state index is 10.3. The van der Waals surface area contributed by atoms with Gasteiger partial charge >= 0.3 is 0 Å². The maximum absolute atomic E-state index is 10.3. The van der Waals surface area contributed by atoms with E-state index in [-0.39, 0.29) is 16.9 Å². The van der Waals surface area contributed by atoms with E-state index in [0.29, 0.717) is 5.41 Å². The molecular formula is C12H22O. The second-order valence-electron chi connectivity index (χ2n) is 6.73. The second-order valence-corrected chi connectivity index (χ2v) is 6.73. The predicted molar refractivity (Wildman–Crippen MR) is 54.5 cm³/mol. The Bertz CT molecular complexity index is 211. The van der Waals surface area contributed by atoms with Crippen LogP contribution in [0.25, 0.3) is 0 Å². The molecule has 2 atom stereocenters. The zero-order chi connectivity index (χ0) is 9.91. The summed E-state index contributed by atoms with van der Waals surface area (Å²) in [5, 5.41) is 10.3. The van der Waals surface area contributed by atoms with Crippen LogP contribution in [0.4, 0.5) is 0 Å². The lowest BCUT2D eigenvalue weighted by Crippen LogP contribution is -2.47. The van der Waals surface area contributed by atoms with Gasteiger partial charge in [0.1, 0.15) is 0 Å². The van der Waals surface area contributed by atoms with Crippen molar-refractivity contribution in [1.29, 1.82) is 0 Å². The molecule has 2 saturated carbocycles. The smallest absolute Gasteiger partial charge is 0.0647 e. The molecule has 2 fully saturated rings. The minimum atomic E-state index is -0.0620. The SMILES string of the molecule is CC1(C)CC2(C)CCC(C)(C1)C2O. The fraction of sp³-hybridized carbons (Fsp3) is 1.00. The first-order valence-corrected chi connectivity index (χ1v) is 5.46. The van der Waals surface area contributed by atoms with E-state index in [1.165, 1.54) is 25.7 Å². The van der Waals surface area contributed by atoms with Crippen molar-refractivity contribution in [2.45, 2.75) is 59.5 Å². The van der Waals surface area contributed by atoms with Crippen molar-refractivity contribution >= 4 is 0 Å². The standard InChI is InChI=1S/C12H22O/c1-10(2)7-11(3)5-6-12(4,8-10)9(11)13/h9,13H,5-8H2,1-4H3. The average molecular weight is 182 g/mol. The Morgan fingerprint density at radius 3 is 1.69 bits per heavy atom. The molecule has 13 heavy (non-hydrogen) atoms. The van der Waals surface area contributed by atoms with E-state index in [2.05, 4.69) is 27.7 Å². The summed E-state index contributed by atoms with van der Waals surface area (Å²) < 4.78 is 0. The van der Waals surface area contributed by atoms with Crippen molar-refractivity contribution in [3.8, 4) is 0 Å². The van der Waals surface area contributed by atoms with Gasteiger partial charge in [-0.1, -0.05) is 27.7 Å². The van der Waals surface area contributed by atoms with Crippen LogP contribution in [0.5, 0.6) is 0 Å². The van der Waals surface area contributed by atoms with E-state index in [9.17, 15) is 5.11 Å². The van der Waals surface area contributed by atoms with E-state index in [1.54, 1.807) is 0 Å². The summed E-state index contributed by atoms with van der Waals surface area (Å²) in [5.74, 6) is 0. The zero-order valence-corrected chi connectivity index (χ0v) is 9.35. The third kappa shape index (κ3) is 1.24. The van der Waals surface area contributed by atoms with Gasteiger partial charge < -0.3 is 5.11 Å². The van der Waals surface area contributed by atoms with Gasteiger partial charge in [0.15, 0.2) is 0 Å². The monoisotopic (exact) mass is 182 g/mol. The molecule has 0 aromatic rings. The Kier molecular flexibility index (Phi) is 1.69. The molecule has 0 saturated heterocycles. The minimum absolute atomic E-state index is 0.0620. The van der Waals surface area contributed by atoms with Crippen LogP contribution in [0.15, 0.2) is 0 Å². The van der Waals surface area contributed by atoms with Crippen molar-refractivity contribution < 1.29 is 5.11 Å². The molecule has 0 aromatic heterocycles. The minimum Gasteiger partial charge on any atom is -0.392 e. The first kappa shape index (κ1) is 9.51. The fourth-order valence-electron chi connectivity index (χ4n) is 4.30. The molecule has 0 radical (unpaired) electrons. The molecule has 0 aromatic carbocycles. The van der Waals surface area contributed by atoms with Gasteiger partial charge in [-0.15, -0.1) is 0 Å². The van der Waals surface area contributed by atoms with Crippen LogP contribution in [0.3, 0.4) is 0 Å². The summed E-state index contributed by atoms with van der Waals surface area (Å²) in [5.41, 5.74) is 0.840. The summed E-state index contributed by atoms with van der Waals surface area (Å²) in [7, 11) is 0. The molecule has 2 rings (SSSR count). The quantitative estimate of drug-likeness (QED) is 0.610. The largest absolute Gasteiger partial charge is 0.392 e. The molecule has 2 aliphatic rings. The van der Waals surface area contributed by atoms with Crippen LogP contribution < -0.4 is 0 Å². The lowest BCUT2D eigenvalue weighted by atomic mass is 9.58. The highest BCUT2D eigenvalue weighted by atomic mass is 16.3. The number of aliphatic hydroxyl groups is 1. The lowest BCUT2D eigenvalue weighted by molar-refractivity contribution is -0.0855. The fourth-order valence-corrected chi connectivity index (χ4v) is 4.30. The van der Waals surface area contributed by atoms with Gasteiger partial charge in [-0.05, 0) is 41.9 Å². The Labute approximate surface area is 81.5 Å². The first-order chi connectivity index (χ1) is 5.78. The molecule has 1 heteroatoms. The molecule has 0 spiro atoms. The van der Waals surface area contributed by atoms with E-state index in [1.807, 2.05) is 0 Å². The molecule has 2 bridgehead atoms. The average Bonchev–Trinajstić information content (AvgIpc) is 2.13. The number of fused-ring (bicyclic) bond motifs is 2. The molecule has 2 unspecified atom stereocenters. The normalized spacial score (nSPS) is 53.8. The molecule has 1 nitrogen and oxygen atoms in total. The molecule has 0 aliphatic heterocycles. The van der Waals surface area contributed by atoms with Gasteiger partial charge in [0.25, 0.3) is 0 Å². The van der Waals surface area contributed by atoms with Crippen LogP contribution in [0.1, 0.15) is 53.4 Å². The number of hydrogen-bond acceptors (Lipinski definition) is 1. The summed E-state index contributed by atoms with van der Waals surface area (Å²) in [6.07, 6.45) is 4.75. The van der Waals surface area contributed by atoms with Crippen LogP contribution in [0, 0.1) is 16.2 Å². The third-order valence-electron chi connectivity index (χ3n) is 4.35. The topological polar surface area (TPSA) is 20.2 Å². The molecular weight excluding hydrogens is 160 g/mol. The summed E-state index contributed by atoms with van der Waals surface area (Å²) in [6.45, 7) is 9.23. The van der Waals surface area contributed by atoms with E-state index < -0.39 is 0 Å². The number of rotatable bonds is 0. The third-order valence-corrected chi connectivity index (χ3v) is 4.35. The number of aliphatic hydroxyl groups excluding tert-OH is 1. The van der Waals surface area contributed by atoms with Crippen molar-refractivity contribution in [2.75, 3.05) is 0 Å². The van der Waals surface area contributed by atoms with Gasteiger partial charge in [-0.3, -0.25) is 0 Å². The summed E-state index contributed by atoms with van der Waals surface area (Å²) in [4.78, 5) is 0. The van der Waals surface area contributed by atoms with Crippen molar-refractivity contribution in [3.05, 3.63) is 0 Å². The Morgan fingerprint density at radius 2 is 1.31 bits per heavy atom. The first-order valence-electron chi connectivity index (χ1n) is 5.46. The second kappa shape index (κ2) is 2.31. The van der Waals surface area contributed by atoms with Gasteiger partial charge in [0, 0.05) is 0 Å². The highest BCUT2D eigenvalue weighted by Gasteiger charge is 2.58. The van der Waals surface area contributed by atoms with E-state index >= 15 is 0 Å². The molecule has 2 aliphatic carbocycles. The van der Waals surface area contributed by atoms with Crippen LogP contribution >= 0.6 is 0 Å². The Hall–Kier alpha value is -0.0400. The number of hydrogen-bond donors (Lipinski definition) is 1. The highest BCUT2D eigenvalue weighted by Crippen LogP contribution is 2.63. The highest BCUT2D eigenvalue weighted by molar-refractivity contribution is 5.08. The van der Waals surface area contributed by atoms with Gasteiger partial charge in [-0.2, -0.15) is 0 Å². The summed E-state index contributed by atoms with van der Waals surface area (Å²) >= 11 is 0. The van der Waals surface area contributed by atoms with Gasteiger partial charge in [-0.25, -0.2) is 0 Å². The Balaban J connectivity index is 2.35. The zero-order valence-electron chi connectivity index (χ0n) is 9.35. The van der Waals surface area contributed by atoms with E-state index in [0.717, 1.165) is 0 Å². The van der Waals surface area contributed by atoms with Crippen molar-refractivity contribution in [1.82, 2.24) is 0 Å². The van der Waals surface area contributed by atoms with Crippen LogP contribution in [-0.2, 0) is 0 Å². The maximum Gasteiger partial charge on any atom is 0.0647 e. The van der Waals surface area contributed by atoms with Crippen LogP contribution in [0.2, 0.25) is 0 Å². The van der Waals surface area contributed by atoms with E-state index in [4.69, 9.17) is 0 Å². The lowest BCUT2D eigenvalue weighted by Gasteiger charge is -2.49. The van der Waals surface area contributed by atoms with Crippen molar-refractivity contribution in [3.63, 3.8) is 0 Å². The van der Waals surface area contributed by atoms with Gasteiger partial charge in [0.05, 0.1) is 6.10 Å². The molecule has 0 heterocycles. The summed E-state index contributed by atoms with van der Waals surface area (Å²) in [6, 6.07) is 0. The molecule has 0 amide bonds. The molecule has 1 N–H and O–H groups in total. The predicted octanol–water partition coefficient (Wildman–Crippen LogP) is 2.97. The van der Waals surface area contributed by atoms with Crippen LogP contribution in [-0.4, -0.2) is 11.2 Å². The Morgan fingerprint density at radius 1 is 0.923 bits per heavy atom.